The fourth-order valence-corrected chi connectivity index (χ4v) is 3.01. The third kappa shape index (κ3) is 6.37. The van der Waals surface area contributed by atoms with Crippen LogP contribution in [0.1, 0.15) is 57.7 Å². The van der Waals surface area contributed by atoms with Crippen LogP contribution in [-0.2, 0) is 10.5 Å². The van der Waals surface area contributed by atoms with Crippen LogP contribution in [0.3, 0.4) is 0 Å². The lowest BCUT2D eigenvalue weighted by atomic mass is 10.1. The van der Waals surface area contributed by atoms with Gasteiger partial charge in [0.25, 0.3) is 5.22 Å². The number of benzene rings is 1. The Morgan fingerprint density at radius 1 is 1.31 bits per heavy atom. The molecule has 7 heteroatoms. The van der Waals surface area contributed by atoms with Gasteiger partial charge in [-0.1, -0.05) is 55.4 Å². The zero-order valence-electron chi connectivity index (χ0n) is 16.2. The maximum absolute atomic E-state index is 12.1. The molecule has 2 aromatic rings. The largest absolute Gasteiger partial charge is 0.444 e. The molecule has 1 N–H and O–H groups in total. The van der Waals surface area contributed by atoms with Gasteiger partial charge in [-0.2, -0.15) is 0 Å². The van der Waals surface area contributed by atoms with Crippen molar-refractivity contribution in [1.82, 2.24) is 15.5 Å². The Kier molecular flexibility index (Phi) is 6.69. The summed E-state index contributed by atoms with van der Waals surface area (Å²) in [6.07, 6.45) is -0.497. The van der Waals surface area contributed by atoms with Crippen LogP contribution in [0.15, 0.2) is 33.9 Å². The second-order valence-electron chi connectivity index (χ2n) is 7.55. The number of nitrogens with zero attached hydrogens (tertiary/aromatic N) is 2. The molecule has 1 aromatic carbocycles. The topological polar surface area (TPSA) is 77.2 Å². The van der Waals surface area contributed by atoms with Crippen molar-refractivity contribution >= 4 is 17.9 Å². The number of nitrogens with one attached hydrogen (secondary N) is 1. The standard InChI is InChI=1S/C19H27N3O3S/c1-12(2)15(20-17(23)25-19(4,5)6)16-21-22-18(24-16)26-11-14-9-7-8-13(3)10-14/h7-10,12,15H,11H2,1-6H3,(H,20,23). The minimum absolute atomic E-state index is 0.0811. The van der Waals surface area contributed by atoms with Crippen molar-refractivity contribution in [2.45, 2.75) is 64.2 Å². The summed E-state index contributed by atoms with van der Waals surface area (Å²) in [6.45, 7) is 11.5. The number of carbonyl (C=O) groups is 1. The van der Waals surface area contributed by atoms with E-state index in [9.17, 15) is 4.79 Å². The highest BCUT2D eigenvalue weighted by Crippen LogP contribution is 2.27. The lowest BCUT2D eigenvalue weighted by Crippen LogP contribution is -2.37. The van der Waals surface area contributed by atoms with E-state index in [-0.39, 0.29) is 5.92 Å². The molecule has 0 aliphatic heterocycles. The zero-order chi connectivity index (χ0) is 19.3. The molecule has 26 heavy (non-hydrogen) atoms. The molecule has 1 unspecified atom stereocenters. The number of aryl methyl sites for hydroxylation is 1. The first kappa shape index (κ1) is 20.3. The second-order valence-corrected chi connectivity index (χ2v) is 8.48. The van der Waals surface area contributed by atoms with Gasteiger partial charge in [-0.15, -0.1) is 10.2 Å². The first-order valence-corrected chi connectivity index (χ1v) is 9.64. The lowest BCUT2D eigenvalue weighted by Gasteiger charge is -2.23. The van der Waals surface area contributed by atoms with Crippen molar-refractivity contribution < 1.29 is 13.9 Å². The van der Waals surface area contributed by atoms with Crippen LogP contribution in [0.5, 0.6) is 0 Å². The summed E-state index contributed by atoms with van der Waals surface area (Å²) in [5, 5.41) is 11.5. The highest BCUT2D eigenvalue weighted by atomic mass is 32.2. The minimum Gasteiger partial charge on any atom is -0.444 e. The fourth-order valence-electron chi connectivity index (χ4n) is 2.30. The van der Waals surface area contributed by atoms with E-state index in [0.717, 1.165) is 5.75 Å². The number of alkyl carbamates (subject to hydrolysis) is 1. The number of carbonyl (C=O) groups excluding carboxylic acids is 1. The molecule has 0 aliphatic rings. The van der Waals surface area contributed by atoms with Gasteiger partial charge >= 0.3 is 6.09 Å². The van der Waals surface area contributed by atoms with Crippen LogP contribution in [0.25, 0.3) is 0 Å². The maximum atomic E-state index is 12.1. The Bertz CT molecular complexity index is 738. The molecule has 0 aliphatic carbocycles. The van der Waals surface area contributed by atoms with Crippen LogP contribution in [-0.4, -0.2) is 21.9 Å². The van der Waals surface area contributed by atoms with Crippen LogP contribution < -0.4 is 5.32 Å². The van der Waals surface area contributed by atoms with Gasteiger partial charge in [-0.05, 0) is 39.2 Å². The quantitative estimate of drug-likeness (QED) is 0.722. The SMILES string of the molecule is Cc1cccc(CSc2nnc(C(NC(=O)OC(C)(C)C)C(C)C)o2)c1. The van der Waals surface area contributed by atoms with Crippen molar-refractivity contribution in [1.29, 1.82) is 0 Å². The van der Waals surface area contributed by atoms with Gasteiger partial charge < -0.3 is 14.5 Å². The highest BCUT2D eigenvalue weighted by molar-refractivity contribution is 7.98. The van der Waals surface area contributed by atoms with E-state index >= 15 is 0 Å². The molecular formula is C19H27N3O3S. The van der Waals surface area contributed by atoms with Gasteiger partial charge in [0.15, 0.2) is 0 Å². The minimum atomic E-state index is -0.560. The van der Waals surface area contributed by atoms with E-state index in [4.69, 9.17) is 9.15 Å². The molecule has 1 aromatic heterocycles. The smallest absolute Gasteiger partial charge is 0.408 e. The van der Waals surface area contributed by atoms with E-state index in [1.165, 1.54) is 22.9 Å². The summed E-state index contributed by atoms with van der Waals surface area (Å²) in [4.78, 5) is 12.1. The molecule has 0 saturated heterocycles. The molecule has 1 heterocycles. The lowest BCUT2D eigenvalue weighted by molar-refractivity contribution is 0.0477. The van der Waals surface area contributed by atoms with E-state index < -0.39 is 17.7 Å². The molecule has 142 valence electrons. The second kappa shape index (κ2) is 8.58. The summed E-state index contributed by atoms with van der Waals surface area (Å²) in [5.41, 5.74) is 1.85. The molecule has 0 spiro atoms. The number of aromatic nitrogens is 2. The summed E-state index contributed by atoms with van der Waals surface area (Å²) >= 11 is 1.48. The van der Waals surface area contributed by atoms with E-state index in [0.29, 0.717) is 11.1 Å². The first-order valence-electron chi connectivity index (χ1n) is 8.65. The molecule has 1 amide bonds. The molecule has 0 fully saturated rings. The van der Waals surface area contributed by atoms with Gasteiger partial charge in [-0.25, -0.2) is 4.79 Å². The normalized spacial score (nSPS) is 12.9. The average Bonchev–Trinajstić information content (AvgIpc) is 2.97. The van der Waals surface area contributed by atoms with Crippen molar-refractivity contribution in [2.75, 3.05) is 0 Å². The van der Waals surface area contributed by atoms with Crippen molar-refractivity contribution in [3.63, 3.8) is 0 Å². The Hall–Kier alpha value is -2.02. The Labute approximate surface area is 159 Å². The van der Waals surface area contributed by atoms with E-state index in [1.54, 1.807) is 0 Å². The summed E-state index contributed by atoms with van der Waals surface area (Å²) in [6, 6.07) is 7.90. The van der Waals surface area contributed by atoms with Crippen LogP contribution in [0, 0.1) is 12.8 Å². The predicted molar refractivity (Wildman–Crippen MR) is 102 cm³/mol. The Morgan fingerprint density at radius 2 is 2.04 bits per heavy atom. The zero-order valence-corrected chi connectivity index (χ0v) is 17.0. The predicted octanol–water partition coefficient (Wildman–Crippen LogP) is 4.89. The summed E-state index contributed by atoms with van der Waals surface area (Å²) in [5.74, 6) is 1.21. The van der Waals surface area contributed by atoms with Crippen LogP contribution >= 0.6 is 11.8 Å². The molecule has 2 rings (SSSR count). The summed E-state index contributed by atoms with van der Waals surface area (Å²) < 4.78 is 11.1. The molecule has 1 atom stereocenters. The number of hydrogen-bond acceptors (Lipinski definition) is 6. The van der Waals surface area contributed by atoms with Crippen molar-refractivity contribution in [3.05, 3.63) is 41.3 Å². The third-order valence-corrected chi connectivity index (χ3v) is 4.36. The number of thioether (sulfide) groups is 1. The monoisotopic (exact) mass is 377 g/mol. The van der Waals surface area contributed by atoms with Gasteiger partial charge in [0.1, 0.15) is 11.6 Å². The molecule has 6 nitrogen and oxygen atoms in total. The van der Waals surface area contributed by atoms with Gasteiger partial charge in [0.2, 0.25) is 5.89 Å². The highest BCUT2D eigenvalue weighted by Gasteiger charge is 2.27. The third-order valence-electron chi connectivity index (χ3n) is 3.47. The van der Waals surface area contributed by atoms with Gasteiger partial charge in [0.05, 0.1) is 0 Å². The molecule has 0 radical (unpaired) electrons. The summed E-state index contributed by atoms with van der Waals surface area (Å²) in [7, 11) is 0. The van der Waals surface area contributed by atoms with Crippen LogP contribution in [0.2, 0.25) is 0 Å². The average molecular weight is 378 g/mol. The van der Waals surface area contributed by atoms with Gasteiger partial charge in [-0.3, -0.25) is 0 Å². The molecule has 0 saturated carbocycles. The maximum Gasteiger partial charge on any atom is 0.408 e. The Balaban J connectivity index is 2.01. The van der Waals surface area contributed by atoms with Crippen molar-refractivity contribution in [3.8, 4) is 0 Å². The molecular weight excluding hydrogens is 350 g/mol. The number of rotatable bonds is 6. The number of hydrogen-bond donors (Lipinski definition) is 1. The van der Waals surface area contributed by atoms with Crippen LogP contribution in [0.4, 0.5) is 4.79 Å². The first-order chi connectivity index (χ1) is 12.1. The number of amides is 1. The fraction of sp³-hybridized carbons (Fsp3) is 0.526. The van der Waals surface area contributed by atoms with E-state index in [1.807, 2.05) is 40.7 Å². The number of ether oxygens (including phenoxy) is 1. The van der Waals surface area contributed by atoms with E-state index in [2.05, 4.69) is 40.6 Å². The molecule has 0 bridgehead atoms. The van der Waals surface area contributed by atoms with Crippen molar-refractivity contribution in [2.24, 2.45) is 5.92 Å². The Morgan fingerprint density at radius 3 is 2.65 bits per heavy atom. The van der Waals surface area contributed by atoms with Gasteiger partial charge in [0, 0.05) is 5.75 Å².